The summed E-state index contributed by atoms with van der Waals surface area (Å²) in [5.41, 5.74) is 2.73. The molecule has 0 radical (unpaired) electrons. The molecule has 0 aromatic heterocycles. The Morgan fingerprint density at radius 1 is 0.900 bits per heavy atom. The molecule has 1 saturated heterocycles. The number of imide groups is 1. The van der Waals surface area contributed by atoms with Gasteiger partial charge < -0.3 is 9.64 Å². The first-order valence-corrected chi connectivity index (χ1v) is 10.1. The van der Waals surface area contributed by atoms with E-state index in [4.69, 9.17) is 9.57 Å². The minimum Gasteiger partial charge on any atom is -0.495 e. The van der Waals surface area contributed by atoms with Gasteiger partial charge in [0.15, 0.2) is 0 Å². The van der Waals surface area contributed by atoms with Crippen LogP contribution >= 0.6 is 0 Å². The number of carbonyl (C=O) groups excluding carboxylic acids is 2. The molecule has 2 amide bonds. The van der Waals surface area contributed by atoms with E-state index in [1.807, 2.05) is 42.5 Å². The Bertz CT molecular complexity index is 1140. The Balaban J connectivity index is 1.60. The summed E-state index contributed by atoms with van der Waals surface area (Å²) in [4.78, 5) is 34.3. The predicted octanol–water partition coefficient (Wildman–Crippen LogP) is 4.18. The number of hydrogen-bond acceptors (Lipinski definition) is 5. The molecule has 6 heteroatoms. The lowest BCUT2D eigenvalue weighted by atomic mass is 9.93. The van der Waals surface area contributed by atoms with Crippen molar-refractivity contribution in [2.75, 3.05) is 25.1 Å². The van der Waals surface area contributed by atoms with Crippen LogP contribution in [0.5, 0.6) is 5.75 Å². The van der Waals surface area contributed by atoms with Crippen LogP contribution in [-0.2, 0) is 11.4 Å². The maximum absolute atomic E-state index is 13.2. The molecule has 0 aliphatic carbocycles. The van der Waals surface area contributed by atoms with E-state index in [1.165, 1.54) is 0 Å². The van der Waals surface area contributed by atoms with E-state index >= 15 is 0 Å². The normalized spacial score (nSPS) is 15.9. The number of rotatable bonds is 5. The molecule has 3 aromatic carbocycles. The molecule has 2 aliphatic heterocycles. The number of anilines is 1. The average Bonchev–Trinajstić information content (AvgIpc) is 3.31. The third kappa shape index (κ3) is 2.92. The van der Waals surface area contributed by atoms with Crippen LogP contribution in [0.3, 0.4) is 0 Å². The van der Waals surface area contributed by atoms with Gasteiger partial charge in [-0.05, 0) is 30.5 Å². The van der Waals surface area contributed by atoms with Crippen LogP contribution in [0.4, 0.5) is 5.69 Å². The Morgan fingerprint density at radius 3 is 2.37 bits per heavy atom. The van der Waals surface area contributed by atoms with Crippen LogP contribution in [0, 0.1) is 0 Å². The summed E-state index contributed by atoms with van der Waals surface area (Å²) in [5.74, 6) is -0.264. The highest BCUT2D eigenvalue weighted by molar-refractivity contribution is 6.26. The van der Waals surface area contributed by atoms with E-state index in [2.05, 4.69) is 4.90 Å². The van der Waals surface area contributed by atoms with E-state index in [9.17, 15) is 9.59 Å². The van der Waals surface area contributed by atoms with E-state index in [0.29, 0.717) is 22.3 Å². The molecule has 6 nitrogen and oxygen atoms in total. The standard InChI is InChI=1S/C24H22N2O4/c1-29-20-14-19-21-17(22(20)25-12-5-6-13-25)10-7-11-18(21)23(27)26(24(19)28)30-15-16-8-3-2-4-9-16/h2-4,7-11,14H,5-6,12-13,15H2,1H3. The van der Waals surface area contributed by atoms with Crippen molar-refractivity contribution < 1.29 is 19.2 Å². The lowest BCUT2D eigenvalue weighted by molar-refractivity contribution is -0.104. The second-order valence-corrected chi connectivity index (χ2v) is 7.56. The zero-order valence-electron chi connectivity index (χ0n) is 16.8. The number of methoxy groups -OCH3 is 1. The number of amides is 2. The van der Waals surface area contributed by atoms with Crippen molar-refractivity contribution in [3.8, 4) is 5.75 Å². The molecular formula is C24H22N2O4. The van der Waals surface area contributed by atoms with Crippen LogP contribution in [0.25, 0.3) is 10.8 Å². The molecular weight excluding hydrogens is 380 g/mol. The van der Waals surface area contributed by atoms with Crippen molar-refractivity contribution in [1.29, 1.82) is 0 Å². The summed E-state index contributed by atoms with van der Waals surface area (Å²) in [7, 11) is 1.61. The van der Waals surface area contributed by atoms with E-state index in [0.717, 1.165) is 47.6 Å². The van der Waals surface area contributed by atoms with Crippen LogP contribution < -0.4 is 9.64 Å². The van der Waals surface area contributed by atoms with Gasteiger partial charge in [0.1, 0.15) is 12.4 Å². The lowest BCUT2D eigenvalue weighted by Gasteiger charge is -2.29. The summed E-state index contributed by atoms with van der Waals surface area (Å²) < 4.78 is 5.67. The Morgan fingerprint density at radius 2 is 1.63 bits per heavy atom. The van der Waals surface area contributed by atoms with Crippen molar-refractivity contribution in [3.05, 3.63) is 71.3 Å². The summed E-state index contributed by atoms with van der Waals surface area (Å²) in [6, 6.07) is 16.8. The molecule has 0 N–H and O–H groups in total. The second kappa shape index (κ2) is 7.46. The third-order valence-electron chi connectivity index (χ3n) is 5.77. The molecule has 0 saturated carbocycles. The molecule has 0 spiro atoms. The lowest BCUT2D eigenvalue weighted by Crippen LogP contribution is -2.40. The van der Waals surface area contributed by atoms with E-state index in [1.54, 1.807) is 19.2 Å². The smallest absolute Gasteiger partial charge is 0.285 e. The molecule has 0 unspecified atom stereocenters. The zero-order valence-corrected chi connectivity index (χ0v) is 16.8. The first-order valence-electron chi connectivity index (χ1n) is 10.1. The Kier molecular flexibility index (Phi) is 4.64. The van der Waals surface area contributed by atoms with E-state index in [-0.39, 0.29) is 6.61 Å². The number of benzene rings is 3. The predicted molar refractivity (Wildman–Crippen MR) is 114 cm³/mol. The first kappa shape index (κ1) is 18.6. The molecule has 0 bridgehead atoms. The van der Waals surface area contributed by atoms with Crippen molar-refractivity contribution >= 4 is 28.3 Å². The fourth-order valence-corrected chi connectivity index (χ4v) is 4.36. The average molecular weight is 402 g/mol. The highest BCUT2D eigenvalue weighted by atomic mass is 16.7. The van der Waals surface area contributed by atoms with Crippen LogP contribution in [-0.4, -0.2) is 37.1 Å². The minimum atomic E-state index is -0.467. The van der Waals surface area contributed by atoms with Gasteiger partial charge in [-0.15, -0.1) is 5.06 Å². The van der Waals surface area contributed by atoms with Crippen molar-refractivity contribution in [2.24, 2.45) is 0 Å². The number of carbonyl (C=O) groups is 2. The molecule has 2 heterocycles. The third-order valence-corrected chi connectivity index (χ3v) is 5.77. The van der Waals surface area contributed by atoms with Gasteiger partial charge in [-0.1, -0.05) is 42.5 Å². The number of hydrogen-bond donors (Lipinski definition) is 0. The number of nitrogens with zero attached hydrogens (tertiary/aromatic N) is 2. The van der Waals surface area contributed by atoms with Crippen LogP contribution in [0.15, 0.2) is 54.6 Å². The van der Waals surface area contributed by atoms with Gasteiger partial charge in [-0.3, -0.25) is 14.4 Å². The molecule has 30 heavy (non-hydrogen) atoms. The molecule has 5 rings (SSSR count). The SMILES string of the molecule is COc1cc2c3c(cccc3c1N1CCCC1)C(=O)N(OCc1ccccc1)C2=O. The fourth-order valence-electron chi connectivity index (χ4n) is 4.36. The fraction of sp³-hybridized carbons (Fsp3) is 0.250. The Labute approximate surface area is 174 Å². The largest absolute Gasteiger partial charge is 0.495 e. The molecule has 2 aliphatic rings. The van der Waals surface area contributed by atoms with Gasteiger partial charge in [0.05, 0.1) is 23.9 Å². The van der Waals surface area contributed by atoms with Gasteiger partial charge in [0, 0.05) is 23.9 Å². The van der Waals surface area contributed by atoms with E-state index < -0.39 is 11.8 Å². The van der Waals surface area contributed by atoms with Crippen LogP contribution in [0.2, 0.25) is 0 Å². The second-order valence-electron chi connectivity index (χ2n) is 7.56. The number of hydroxylamine groups is 2. The summed E-state index contributed by atoms with van der Waals surface area (Å²) in [5, 5.41) is 2.42. The molecule has 0 atom stereocenters. The quantitative estimate of drug-likeness (QED) is 0.600. The van der Waals surface area contributed by atoms with Crippen molar-refractivity contribution in [2.45, 2.75) is 19.4 Å². The van der Waals surface area contributed by atoms with Gasteiger partial charge in [0.25, 0.3) is 11.8 Å². The summed E-state index contributed by atoms with van der Waals surface area (Å²) in [6.07, 6.45) is 2.23. The molecule has 3 aromatic rings. The highest BCUT2D eigenvalue weighted by Crippen LogP contribution is 2.43. The van der Waals surface area contributed by atoms with Gasteiger partial charge in [0.2, 0.25) is 0 Å². The summed E-state index contributed by atoms with van der Waals surface area (Å²) >= 11 is 0. The minimum absolute atomic E-state index is 0.132. The van der Waals surface area contributed by atoms with Crippen molar-refractivity contribution in [1.82, 2.24) is 5.06 Å². The van der Waals surface area contributed by atoms with Crippen LogP contribution in [0.1, 0.15) is 39.1 Å². The van der Waals surface area contributed by atoms with Gasteiger partial charge in [-0.2, -0.15) is 0 Å². The molecule has 152 valence electrons. The highest BCUT2D eigenvalue weighted by Gasteiger charge is 2.36. The zero-order chi connectivity index (χ0) is 20.7. The van der Waals surface area contributed by atoms with Gasteiger partial charge >= 0.3 is 0 Å². The first-order chi connectivity index (χ1) is 14.7. The Hall–Kier alpha value is -3.38. The monoisotopic (exact) mass is 402 g/mol. The maximum Gasteiger partial charge on any atom is 0.285 e. The topological polar surface area (TPSA) is 59.1 Å². The number of ether oxygens (including phenoxy) is 1. The summed E-state index contributed by atoms with van der Waals surface area (Å²) in [6.45, 7) is 2.00. The maximum atomic E-state index is 13.2. The molecule has 1 fully saturated rings. The van der Waals surface area contributed by atoms with Crippen molar-refractivity contribution in [3.63, 3.8) is 0 Å². The van der Waals surface area contributed by atoms with Gasteiger partial charge in [-0.25, -0.2) is 0 Å².